The lowest BCUT2D eigenvalue weighted by molar-refractivity contribution is 0.339. The Hall–Kier alpha value is -1.13. The van der Waals surface area contributed by atoms with Crippen molar-refractivity contribution in [1.29, 1.82) is 0 Å². The van der Waals surface area contributed by atoms with E-state index in [4.69, 9.17) is 0 Å². The fourth-order valence-electron chi connectivity index (χ4n) is 2.36. The van der Waals surface area contributed by atoms with Gasteiger partial charge < -0.3 is 10.2 Å². The minimum atomic E-state index is 0.810. The Balaban J connectivity index is 1.67. The minimum absolute atomic E-state index is 0.810. The molecule has 0 amide bonds. The second-order valence-electron chi connectivity index (χ2n) is 4.69. The van der Waals surface area contributed by atoms with E-state index in [2.05, 4.69) is 28.8 Å². The number of hydrogen-bond acceptors (Lipinski definition) is 3. The van der Waals surface area contributed by atoms with E-state index in [0.29, 0.717) is 0 Å². The molecule has 1 aromatic heterocycles. The van der Waals surface area contributed by atoms with Crippen LogP contribution in [0.5, 0.6) is 0 Å². The van der Waals surface area contributed by atoms with Gasteiger partial charge in [-0.3, -0.25) is 0 Å². The zero-order valence-corrected chi connectivity index (χ0v) is 10.6. The van der Waals surface area contributed by atoms with Crippen LogP contribution in [-0.2, 0) is 6.54 Å². The summed E-state index contributed by atoms with van der Waals surface area (Å²) in [7, 11) is 0. The van der Waals surface area contributed by atoms with Crippen LogP contribution in [0.4, 0.5) is 0 Å². The number of hydrogen-bond donors (Lipinski definition) is 1. The molecule has 0 spiro atoms. The van der Waals surface area contributed by atoms with Crippen LogP contribution in [0.2, 0.25) is 0 Å². The maximum atomic E-state index is 4.16. The smallest absolute Gasteiger partial charge is 0.0538 e. The lowest BCUT2D eigenvalue weighted by Crippen LogP contribution is -2.26. The molecule has 2 heterocycles. The van der Waals surface area contributed by atoms with Crippen LogP contribution >= 0.6 is 0 Å². The molecule has 1 aliphatic heterocycles. The normalized spacial score (nSPS) is 20.9. The van der Waals surface area contributed by atoms with Crippen LogP contribution in [0, 0.1) is 5.92 Å². The molecule has 2 rings (SSSR count). The summed E-state index contributed by atoms with van der Waals surface area (Å²) in [4.78, 5) is 2.52. The predicted molar refractivity (Wildman–Crippen MR) is 70.5 cm³/mol. The summed E-state index contributed by atoms with van der Waals surface area (Å²) in [5.41, 5.74) is 1.22. The van der Waals surface area contributed by atoms with Gasteiger partial charge in [0.2, 0.25) is 0 Å². The molecule has 0 radical (unpaired) electrons. The first-order valence-corrected chi connectivity index (χ1v) is 6.40. The Morgan fingerprint density at radius 1 is 1.65 bits per heavy atom. The van der Waals surface area contributed by atoms with Crippen LogP contribution < -0.4 is 5.32 Å². The Kier molecular flexibility index (Phi) is 4.34. The second kappa shape index (κ2) is 5.98. The maximum Gasteiger partial charge on any atom is 0.0538 e. The molecular weight excluding hydrogens is 212 g/mol. The third-order valence-electron chi connectivity index (χ3n) is 3.42. The van der Waals surface area contributed by atoms with Gasteiger partial charge in [-0.1, -0.05) is 13.5 Å². The van der Waals surface area contributed by atoms with Gasteiger partial charge >= 0.3 is 0 Å². The molecule has 17 heavy (non-hydrogen) atoms. The second-order valence-corrected chi connectivity index (χ2v) is 4.69. The molecule has 0 bridgehead atoms. The van der Waals surface area contributed by atoms with Gasteiger partial charge in [-0.2, -0.15) is 5.10 Å². The molecule has 4 heteroatoms. The van der Waals surface area contributed by atoms with Gasteiger partial charge in [-0.25, -0.2) is 4.68 Å². The highest BCUT2D eigenvalue weighted by atomic mass is 15.2. The molecule has 4 nitrogen and oxygen atoms in total. The van der Waals surface area contributed by atoms with E-state index in [1.165, 1.54) is 31.6 Å². The summed E-state index contributed by atoms with van der Waals surface area (Å²) < 4.78 is 1.74. The third kappa shape index (κ3) is 3.41. The molecular formula is C13H22N4. The molecule has 1 aromatic rings. The largest absolute Gasteiger partial charge is 0.312 e. The van der Waals surface area contributed by atoms with Crippen LogP contribution in [0.1, 0.15) is 18.9 Å². The maximum absolute atomic E-state index is 4.16. The van der Waals surface area contributed by atoms with Crippen molar-refractivity contribution >= 4 is 6.20 Å². The Morgan fingerprint density at radius 3 is 3.18 bits per heavy atom. The summed E-state index contributed by atoms with van der Waals surface area (Å²) in [5.74, 6) is 0.810. The molecule has 0 aromatic carbocycles. The number of nitrogens with zero attached hydrogens (tertiary/aromatic N) is 3. The summed E-state index contributed by atoms with van der Waals surface area (Å²) in [6.45, 7) is 11.6. The predicted octanol–water partition coefficient (Wildman–Crippen LogP) is 1.41. The van der Waals surface area contributed by atoms with Crippen LogP contribution in [0.15, 0.2) is 19.0 Å². The van der Waals surface area contributed by atoms with Gasteiger partial charge in [0.15, 0.2) is 0 Å². The number of nitrogens with one attached hydrogen (secondary N) is 1. The first-order valence-electron chi connectivity index (χ1n) is 6.40. The molecule has 1 unspecified atom stereocenters. The monoisotopic (exact) mass is 234 g/mol. The average Bonchev–Trinajstić information content (AvgIpc) is 2.97. The van der Waals surface area contributed by atoms with E-state index in [1.807, 2.05) is 12.4 Å². The standard InChI is InChI=1S/C13H22N4/c1-3-16-6-5-12(10-16)7-14-8-13-9-15-17(4-2)11-13/h4,9,11-12,14H,2-3,5-8,10H2,1H3. The third-order valence-corrected chi connectivity index (χ3v) is 3.42. The van der Waals surface area contributed by atoms with E-state index in [-0.39, 0.29) is 0 Å². The molecule has 0 saturated carbocycles. The van der Waals surface area contributed by atoms with Crippen molar-refractivity contribution in [2.75, 3.05) is 26.2 Å². The summed E-state index contributed by atoms with van der Waals surface area (Å²) in [6, 6.07) is 0. The van der Waals surface area contributed by atoms with E-state index >= 15 is 0 Å². The van der Waals surface area contributed by atoms with Crippen molar-refractivity contribution in [3.63, 3.8) is 0 Å². The minimum Gasteiger partial charge on any atom is -0.312 e. The van der Waals surface area contributed by atoms with Crippen LogP contribution in [-0.4, -0.2) is 40.9 Å². The SMILES string of the molecule is C=Cn1cc(CNCC2CCN(CC)C2)cn1. The molecule has 0 aliphatic carbocycles. The molecule has 1 N–H and O–H groups in total. The van der Waals surface area contributed by atoms with E-state index in [1.54, 1.807) is 10.9 Å². The zero-order chi connectivity index (χ0) is 12.1. The van der Waals surface area contributed by atoms with Crippen molar-refractivity contribution in [2.24, 2.45) is 5.92 Å². The molecule has 1 saturated heterocycles. The molecule has 1 fully saturated rings. The Bertz CT molecular complexity index is 358. The number of rotatable bonds is 6. The molecule has 1 atom stereocenters. The Morgan fingerprint density at radius 2 is 2.53 bits per heavy atom. The topological polar surface area (TPSA) is 33.1 Å². The highest BCUT2D eigenvalue weighted by molar-refractivity contribution is 5.17. The average molecular weight is 234 g/mol. The highest BCUT2D eigenvalue weighted by Gasteiger charge is 2.20. The summed E-state index contributed by atoms with van der Waals surface area (Å²) >= 11 is 0. The quantitative estimate of drug-likeness (QED) is 0.808. The number of aromatic nitrogens is 2. The summed E-state index contributed by atoms with van der Waals surface area (Å²) in [5, 5.41) is 7.67. The fourth-order valence-corrected chi connectivity index (χ4v) is 2.36. The fraction of sp³-hybridized carbons (Fsp3) is 0.615. The van der Waals surface area contributed by atoms with Crippen molar-refractivity contribution < 1.29 is 0 Å². The van der Waals surface area contributed by atoms with Gasteiger partial charge in [0.05, 0.1) is 6.20 Å². The van der Waals surface area contributed by atoms with Crippen molar-refractivity contribution in [3.05, 3.63) is 24.5 Å². The van der Waals surface area contributed by atoms with E-state index < -0.39 is 0 Å². The number of likely N-dealkylation sites (tertiary alicyclic amines) is 1. The lowest BCUT2D eigenvalue weighted by Gasteiger charge is -2.13. The van der Waals surface area contributed by atoms with Gasteiger partial charge in [0, 0.05) is 31.0 Å². The van der Waals surface area contributed by atoms with Crippen LogP contribution in [0.3, 0.4) is 0 Å². The highest BCUT2D eigenvalue weighted by Crippen LogP contribution is 2.14. The lowest BCUT2D eigenvalue weighted by atomic mass is 10.1. The van der Waals surface area contributed by atoms with Gasteiger partial charge in [0.1, 0.15) is 0 Å². The van der Waals surface area contributed by atoms with Crippen molar-refractivity contribution in [3.8, 4) is 0 Å². The summed E-state index contributed by atoms with van der Waals surface area (Å²) in [6.07, 6.45) is 6.93. The molecule has 1 aliphatic rings. The van der Waals surface area contributed by atoms with Crippen molar-refractivity contribution in [2.45, 2.75) is 19.9 Å². The first kappa shape index (κ1) is 12.3. The van der Waals surface area contributed by atoms with Crippen molar-refractivity contribution in [1.82, 2.24) is 20.0 Å². The zero-order valence-electron chi connectivity index (χ0n) is 10.6. The van der Waals surface area contributed by atoms with Gasteiger partial charge in [-0.05, 0) is 32.0 Å². The van der Waals surface area contributed by atoms with E-state index in [9.17, 15) is 0 Å². The van der Waals surface area contributed by atoms with E-state index in [0.717, 1.165) is 19.0 Å². The first-order chi connectivity index (χ1) is 8.31. The molecule has 94 valence electrons. The van der Waals surface area contributed by atoms with Gasteiger partial charge in [0.25, 0.3) is 0 Å². The van der Waals surface area contributed by atoms with Gasteiger partial charge in [-0.15, -0.1) is 0 Å². The Labute approximate surface area is 103 Å². The van der Waals surface area contributed by atoms with Crippen LogP contribution in [0.25, 0.3) is 6.20 Å².